The van der Waals surface area contributed by atoms with Crippen molar-refractivity contribution in [3.8, 4) is 5.75 Å². The molecule has 1 amide bonds. The molecule has 3 rings (SSSR count). The van der Waals surface area contributed by atoms with Crippen molar-refractivity contribution in [2.75, 3.05) is 6.61 Å². The number of fused-ring (bicyclic) bond motifs is 1. The van der Waals surface area contributed by atoms with Crippen LogP contribution in [0.1, 0.15) is 42.1 Å². The number of amides is 1. The number of aromatic nitrogens is 1. The van der Waals surface area contributed by atoms with Crippen molar-refractivity contribution in [1.29, 1.82) is 0 Å². The second kappa shape index (κ2) is 10.4. The molecule has 0 spiro atoms. The molecule has 0 saturated heterocycles. The highest BCUT2D eigenvalue weighted by molar-refractivity contribution is 5.97. The maximum atomic E-state index is 14.7. The van der Waals surface area contributed by atoms with Gasteiger partial charge >= 0.3 is 0 Å². The van der Waals surface area contributed by atoms with Crippen LogP contribution >= 0.6 is 0 Å². The zero-order valence-electron chi connectivity index (χ0n) is 16.5. The summed E-state index contributed by atoms with van der Waals surface area (Å²) in [5.74, 6) is -0.475. The maximum absolute atomic E-state index is 14.7. The number of nitrogens with zero attached hydrogens (tertiary/aromatic N) is 1. The van der Waals surface area contributed by atoms with Gasteiger partial charge in [-0.25, -0.2) is 4.39 Å². The van der Waals surface area contributed by atoms with Crippen LogP contribution in [0.2, 0.25) is 0 Å². The molecular formula is C24H25FN2O2. The molecule has 0 radical (unpaired) electrons. The minimum Gasteiger partial charge on any atom is -0.490 e. The zero-order valence-corrected chi connectivity index (χ0v) is 16.5. The largest absolute Gasteiger partial charge is 0.490 e. The van der Waals surface area contributed by atoms with E-state index < -0.39 is 5.82 Å². The molecule has 0 saturated carbocycles. The van der Waals surface area contributed by atoms with E-state index in [9.17, 15) is 9.18 Å². The van der Waals surface area contributed by atoms with E-state index in [1.807, 2.05) is 12.1 Å². The van der Waals surface area contributed by atoms with Crippen LogP contribution in [0.5, 0.6) is 5.75 Å². The molecule has 0 aliphatic rings. The van der Waals surface area contributed by atoms with E-state index in [4.69, 9.17) is 4.74 Å². The predicted molar refractivity (Wildman–Crippen MR) is 113 cm³/mol. The molecule has 0 atom stereocenters. The van der Waals surface area contributed by atoms with Crippen LogP contribution in [0, 0.1) is 5.82 Å². The van der Waals surface area contributed by atoms with Gasteiger partial charge in [0.1, 0.15) is 0 Å². The summed E-state index contributed by atoms with van der Waals surface area (Å²) in [5, 5.41) is 3.66. The summed E-state index contributed by atoms with van der Waals surface area (Å²) in [5.41, 5.74) is 1.73. The van der Waals surface area contributed by atoms with Gasteiger partial charge in [-0.1, -0.05) is 37.3 Å². The SMILES string of the molecule is CC/C=C/CCCOc1cccc(CNC(=O)c2ccc3ncccc3c2)c1F. The van der Waals surface area contributed by atoms with Crippen LogP contribution in [-0.2, 0) is 6.54 Å². The summed E-state index contributed by atoms with van der Waals surface area (Å²) in [6.07, 6.45) is 8.67. The normalized spacial score (nSPS) is 11.1. The van der Waals surface area contributed by atoms with Crippen LogP contribution in [0.15, 0.2) is 66.9 Å². The van der Waals surface area contributed by atoms with E-state index in [2.05, 4.69) is 29.4 Å². The molecule has 4 nitrogen and oxygen atoms in total. The van der Waals surface area contributed by atoms with Gasteiger partial charge in [0.05, 0.1) is 12.1 Å². The van der Waals surface area contributed by atoms with Crippen molar-refractivity contribution in [3.63, 3.8) is 0 Å². The van der Waals surface area contributed by atoms with E-state index in [0.29, 0.717) is 17.7 Å². The molecule has 3 aromatic rings. The van der Waals surface area contributed by atoms with E-state index in [1.54, 1.807) is 42.6 Å². The quantitative estimate of drug-likeness (QED) is 0.390. The van der Waals surface area contributed by atoms with Gasteiger partial charge in [0, 0.05) is 29.3 Å². The second-order valence-corrected chi connectivity index (χ2v) is 6.69. The lowest BCUT2D eigenvalue weighted by Crippen LogP contribution is -2.23. The van der Waals surface area contributed by atoms with Gasteiger partial charge in [0.2, 0.25) is 0 Å². The van der Waals surface area contributed by atoms with Crippen molar-refractivity contribution < 1.29 is 13.9 Å². The van der Waals surface area contributed by atoms with Gasteiger partial charge in [-0.3, -0.25) is 9.78 Å². The molecule has 29 heavy (non-hydrogen) atoms. The Hall–Kier alpha value is -3.21. The monoisotopic (exact) mass is 392 g/mol. The zero-order chi connectivity index (χ0) is 20.5. The fourth-order valence-corrected chi connectivity index (χ4v) is 2.97. The summed E-state index contributed by atoms with van der Waals surface area (Å²) >= 11 is 0. The Labute approximate surface area is 170 Å². The van der Waals surface area contributed by atoms with E-state index in [1.165, 1.54) is 0 Å². The Morgan fingerprint density at radius 2 is 2.07 bits per heavy atom. The first-order chi connectivity index (χ1) is 14.2. The van der Waals surface area contributed by atoms with Gasteiger partial charge in [-0.15, -0.1) is 0 Å². The minimum atomic E-state index is -0.431. The number of halogens is 1. The van der Waals surface area contributed by atoms with Crippen LogP contribution in [0.25, 0.3) is 10.9 Å². The number of pyridine rings is 1. The number of hydrogen-bond acceptors (Lipinski definition) is 3. The van der Waals surface area contributed by atoms with Gasteiger partial charge in [0.15, 0.2) is 11.6 Å². The summed E-state index contributed by atoms with van der Waals surface area (Å²) in [7, 11) is 0. The average molecular weight is 392 g/mol. The molecule has 150 valence electrons. The minimum absolute atomic E-state index is 0.0895. The third-order valence-electron chi connectivity index (χ3n) is 4.52. The molecule has 0 bridgehead atoms. The van der Waals surface area contributed by atoms with E-state index >= 15 is 0 Å². The van der Waals surface area contributed by atoms with E-state index in [-0.39, 0.29) is 18.2 Å². The van der Waals surface area contributed by atoms with Gasteiger partial charge in [-0.05, 0) is 49.6 Å². The average Bonchev–Trinajstić information content (AvgIpc) is 2.75. The van der Waals surface area contributed by atoms with Gasteiger partial charge in [0.25, 0.3) is 5.91 Å². The molecule has 5 heteroatoms. The Morgan fingerprint density at radius 3 is 2.93 bits per heavy atom. The number of unbranched alkanes of at least 4 members (excludes halogenated alkanes) is 1. The number of benzene rings is 2. The first-order valence-electron chi connectivity index (χ1n) is 9.87. The summed E-state index contributed by atoms with van der Waals surface area (Å²) in [6.45, 7) is 2.63. The fourth-order valence-electron chi connectivity index (χ4n) is 2.97. The molecule has 0 aliphatic heterocycles. The number of ether oxygens (including phenoxy) is 1. The standard InChI is InChI=1S/C24H25FN2O2/c1-2-3-4-5-6-15-29-22-11-7-9-20(23(22)25)17-27-24(28)19-12-13-21-18(16-19)10-8-14-26-21/h3-4,7-14,16H,2,5-6,15,17H2,1H3,(H,27,28)/b4-3+. The number of rotatable bonds is 9. The predicted octanol–water partition coefficient (Wildman–Crippen LogP) is 5.43. The van der Waals surface area contributed by atoms with Crippen LogP contribution < -0.4 is 10.1 Å². The lowest BCUT2D eigenvalue weighted by molar-refractivity contribution is 0.0950. The maximum Gasteiger partial charge on any atom is 0.251 e. The van der Waals surface area contributed by atoms with Gasteiger partial charge < -0.3 is 10.1 Å². The van der Waals surface area contributed by atoms with Crippen LogP contribution in [0.3, 0.4) is 0 Å². The Morgan fingerprint density at radius 1 is 1.17 bits per heavy atom. The lowest BCUT2D eigenvalue weighted by atomic mass is 10.1. The Bertz CT molecular complexity index is 1000. The highest BCUT2D eigenvalue weighted by Gasteiger charge is 2.12. The molecule has 2 aromatic carbocycles. The van der Waals surface area contributed by atoms with Gasteiger partial charge in [-0.2, -0.15) is 0 Å². The topological polar surface area (TPSA) is 51.2 Å². The molecule has 0 unspecified atom stereocenters. The van der Waals surface area contributed by atoms with Crippen molar-refractivity contribution in [3.05, 3.63) is 83.8 Å². The fraction of sp³-hybridized carbons (Fsp3) is 0.250. The molecule has 0 fully saturated rings. The lowest BCUT2D eigenvalue weighted by Gasteiger charge is -2.11. The molecule has 1 aromatic heterocycles. The third-order valence-corrected chi connectivity index (χ3v) is 4.52. The first-order valence-corrected chi connectivity index (χ1v) is 9.87. The summed E-state index contributed by atoms with van der Waals surface area (Å²) in [4.78, 5) is 16.7. The number of allylic oxidation sites excluding steroid dienone is 2. The number of carbonyl (C=O) groups is 1. The Kier molecular flexibility index (Phi) is 7.34. The van der Waals surface area contributed by atoms with Crippen LogP contribution in [0.4, 0.5) is 4.39 Å². The van der Waals surface area contributed by atoms with Crippen molar-refractivity contribution in [1.82, 2.24) is 10.3 Å². The van der Waals surface area contributed by atoms with Crippen molar-refractivity contribution >= 4 is 16.8 Å². The van der Waals surface area contributed by atoms with Crippen molar-refractivity contribution in [2.45, 2.75) is 32.7 Å². The number of hydrogen-bond donors (Lipinski definition) is 1. The molecular weight excluding hydrogens is 367 g/mol. The van der Waals surface area contributed by atoms with Crippen molar-refractivity contribution in [2.24, 2.45) is 0 Å². The molecule has 1 heterocycles. The number of carbonyl (C=O) groups excluding carboxylic acids is 1. The highest BCUT2D eigenvalue weighted by atomic mass is 19.1. The third kappa shape index (κ3) is 5.64. The first kappa shape index (κ1) is 20.5. The molecule has 0 aliphatic carbocycles. The Balaban J connectivity index is 1.58. The summed E-state index contributed by atoms with van der Waals surface area (Å²) < 4.78 is 20.2. The number of nitrogens with one attached hydrogen (secondary N) is 1. The smallest absolute Gasteiger partial charge is 0.251 e. The van der Waals surface area contributed by atoms with Crippen LogP contribution in [-0.4, -0.2) is 17.5 Å². The summed E-state index contributed by atoms with van der Waals surface area (Å²) in [6, 6.07) is 14.0. The highest BCUT2D eigenvalue weighted by Crippen LogP contribution is 2.21. The molecule has 1 N–H and O–H groups in total. The van der Waals surface area contributed by atoms with E-state index in [0.717, 1.165) is 30.2 Å². The second-order valence-electron chi connectivity index (χ2n) is 6.69.